The van der Waals surface area contributed by atoms with Crippen LogP contribution < -0.4 is 5.32 Å². The number of benzene rings is 1. The molecule has 0 radical (unpaired) electrons. The van der Waals surface area contributed by atoms with E-state index in [0.717, 1.165) is 0 Å². The summed E-state index contributed by atoms with van der Waals surface area (Å²) in [4.78, 5) is 22.5. The van der Waals surface area contributed by atoms with Crippen LogP contribution in [0.15, 0.2) is 24.4 Å². The van der Waals surface area contributed by atoms with E-state index in [1.54, 1.807) is 6.07 Å². The number of carboxylic acids is 1. The molecule has 0 bridgehead atoms. The summed E-state index contributed by atoms with van der Waals surface area (Å²) in [6, 6.07) is 4.56. The van der Waals surface area contributed by atoms with Crippen LogP contribution in [-0.2, 0) is 6.54 Å². The minimum absolute atomic E-state index is 0.147. The zero-order valence-electron chi connectivity index (χ0n) is 10.6. The maximum Gasteiger partial charge on any atom is 0.358 e. The predicted molar refractivity (Wildman–Crippen MR) is 75.8 cm³/mol. The summed E-state index contributed by atoms with van der Waals surface area (Å²) in [5, 5.41) is 19.1. The van der Waals surface area contributed by atoms with Gasteiger partial charge in [0, 0.05) is 12.1 Å². The molecule has 1 aromatic heterocycles. The number of carbonyl (C=O) groups is 2. The molecule has 9 heteroatoms. The van der Waals surface area contributed by atoms with Crippen LogP contribution in [0.4, 0.5) is 0 Å². The van der Waals surface area contributed by atoms with E-state index in [4.69, 9.17) is 28.3 Å². The standard InChI is InChI=1S/C12H10Cl2N4O3/c13-8-2-1-7(5-9(8)14)11(19)15-3-4-18-6-10(12(20)21)16-17-18/h1-2,5-6H,3-4H2,(H,15,19)(H,20,21). The molecular formula is C12H10Cl2N4O3. The normalized spacial score (nSPS) is 10.4. The van der Waals surface area contributed by atoms with E-state index < -0.39 is 5.97 Å². The quantitative estimate of drug-likeness (QED) is 0.870. The van der Waals surface area contributed by atoms with Gasteiger partial charge in [0.15, 0.2) is 5.69 Å². The largest absolute Gasteiger partial charge is 0.476 e. The molecule has 0 saturated heterocycles. The summed E-state index contributed by atoms with van der Waals surface area (Å²) in [5.74, 6) is -1.46. The maximum absolute atomic E-state index is 11.9. The monoisotopic (exact) mass is 328 g/mol. The van der Waals surface area contributed by atoms with Crippen LogP contribution in [0.5, 0.6) is 0 Å². The van der Waals surface area contributed by atoms with Crippen LogP contribution in [0.2, 0.25) is 10.0 Å². The number of nitrogens with zero attached hydrogens (tertiary/aromatic N) is 3. The number of amides is 1. The third-order valence-corrected chi connectivity index (χ3v) is 3.31. The Balaban J connectivity index is 1.88. The molecule has 0 aliphatic heterocycles. The minimum Gasteiger partial charge on any atom is -0.476 e. The number of nitrogens with one attached hydrogen (secondary N) is 1. The number of rotatable bonds is 5. The van der Waals surface area contributed by atoms with Gasteiger partial charge in [0.05, 0.1) is 22.8 Å². The number of carbonyl (C=O) groups excluding carboxylic acids is 1. The van der Waals surface area contributed by atoms with Crippen molar-refractivity contribution in [2.45, 2.75) is 6.54 Å². The van der Waals surface area contributed by atoms with Gasteiger partial charge in [0.1, 0.15) is 0 Å². The average Bonchev–Trinajstić information content (AvgIpc) is 2.91. The highest BCUT2D eigenvalue weighted by atomic mass is 35.5. The Bertz CT molecular complexity index is 687. The van der Waals surface area contributed by atoms with Gasteiger partial charge in [-0.1, -0.05) is 28.4 Å². The van der Waals surface area contributed by atoms with Crippen molar-refractivity contribution >= 4 is 35.1 Å². The van der Waals surface area contributed by atoms with E-state index in [1.165, 1.54) is 23.0 Å². The zero-order chi connectivity index (χ0) is 15.4. The molecule has 1 heterocycles. The van der Waals surface area contributed by atoms with Crippen molar-refractivity contribution in [1.82, 2.24) is 20.3 Å². The van der Waals surface area contributed by atoms with E-state index in [0.29, 0.717) is 22.2 Å². The first-order valence-corrected chi connectivity index (χ1v) is 6.59. The SMILES string of the molecule is O=C(NCCn1cc(C(=O)O)nn1)c1ccc(Cl)c(Cl)c1. The van der Waals surface area contributed by atoms with Gasteiger partial charge in [-0.25, -0.2) is 9.48 Å². The molecule has 21 heavy (non-hydrogen) atoms. The second kappa shape index (κ2) is 6.55. The molecule has 0 unspecified atom stereocenters. The summed E-state index contributed by atoms with van der Waals surface area (Å²) in [6.07, 6.45) is 1.29. The molecule has 0 atom stereocenters. The fourth-order valence-electron chi connectivity index (χ4n) is 1.53. The van der Waals surface area contributed by atoms with Crippen LogP contribution >= 0.6 is 23.2 Å². The lowest BCUT2D eigenvalue weighted by Crippen LogP contribution is -2.27. The summed E-state index contributed by atoms with van der Waals surface area (Å²) in [5.41, 5.74) is 0.236. The van der Waals surface area contributed by atoms with E-state index >= 15 is 0 Å². The van der Waals surface area contributed by atoms with Gasteiger partial charge in [0.25, 0.3) is 5.91 Å². The Morgan fingerprint density at radius 1 is 1.29 bits per heavy atom. The first kappa shape index (κ1) is 15.3. The van der Waals surface area contributed by atoms with Crippen LogP contribution in [0.25, 0.3) is 0 Å². The first-order chi connectivity index (χ1) is 9.97. The molecule has 0 spiro atoms. The van der Waals surface area contributed by atoms with Crippen molar-refractivity contribution in [3.63, 3.8) is 0 Å². The van der Waals surface area contributed by atoms with E-state index in [2.05, 4.69) is 15.6 Å². The molecule has 2 N–H and O–H groups in total. The predicted octanol–water partition coefficient (Wildman–Crippen LogP) is 1.71. The Morgan fingerprint density at radius 3 is 2.67 bits per heavy atom. The highest BCUT2D eigenvalue weighted by Crippen LogP contribution is 2.22. The molecule has 0 saturated carbocycles. The van der Waals surface area contributed by atoms with E-state index in [9.17, 15) is 9.59 Å². The molecule has 1 amide bonds. The van der Waals surface area contributed by atoms with Gasteiger partial charge in [-0.15, -0.1) is 5.10 Å². The van der Waals surface area contributed by atoms with Crippen molar-refractivity contribution < 1.29 is 14.7 Å². The maximum atomic E-state index is 11.9. The number of aromatic carboxylic acids is 1. The topological polar surface area (TPSA) is 97.1 Å². The molecule has 110 valence electrons. The fraction of sp³-hybridized carbons (Fsp3) is 0.167. The molecule has 2 rings (SSSR count). The van der Waals surface area contributed by atoms with Crippen molar-refractivity contribution in [2.75, 3.05) is 6.54 Å². The van der Waals surface area contributed by atoms with E-state index in [-0.39, 0.29) is 18.1 Å². The van der Waals surface area contributed by atoms with Crippen molar-refractivity contribution in [2.24, 2.45) is 0 Å². The van der Waals surface area contributed by atoms with Gasteiger partial charge >= 0.3 is 5.97 Å². The molecule has 0 aliphatic rings. The third-order valence-electron chi connectivity index (χ3n) is 2.57. The molecular weight excluding hydrogens is 319 g/mol. The van der Waals surface area contributed by atoms with Gasteiger partial charge < -0.3 is 10.4 Å². The van der Waals surface area contributed by atoms with Gasteiger partial charge in [-0.05, 0) is 18.2 Å². The fourth-order valence-corrected chi connectivity index (χ4v) is 1.83. The average molecular weight is 329 g/mol. The number of carboxylic acid groups (broad SMARTS) is 1. The van der Waals surface area contributed by atoms with Crippen LogP contribution in [0.3, 0.4) is 0 Å². The summed E-state index contributed by atoms with van der Waals surface area (Å²) in [6.45, 7) is 0.564. The van der Waals surface area contributed by atoms with Crippen molar-refractivity contribution in [3.05, 3.63) is 45.7 Å². The Hall–Kier alpha value is -2.12. The zero-order valence-corrected chi connectivity index (χ0v) is 12.1. The first-order valence-electron chi connectivity index (χ1n) is 5.84. The van der Waals surface area contributed by atoms with Crippen LogP contribution in [0.1, 0.15) is 20.8 Å². The Kier molecular flexibility index (Phi) is 4.77. The Morgan fingerprint density at radius 2 is 2.05 bits per heavy atom. The van der Waals surface area contributed by atoms with Crippen molar-refractivity contribution in [1.29, 1.82) is 0 Å². The summed E-state index contributed by atoms with van der Waals surface area (Å²) >= 11 is 11.6. The number of aromatic nitrogens is 3. The highest BCUT2D eigenvalue weighted by Gasteiger charge is 2.09. The summed E-state index contributed by atoms with van der Waals surface area (Å²) in [7, 11) is 0. The lowest BCUT2D eigenvalue weighted by Gasteiger charge is -2.06. The van der Waals surface area contributed by atoms with Crippen LogP contribution in [-0.4, -0.2) is 38.5 Å². The Labute approximate surface area is 129 Å². The van der Waals surface area contributed by atoms with Crippen molar-refractivity contribution in [3.8, 4) is 0 Å². The smallest absolute Gasteiger partial charge is 0.358 e. The van der Waals surface area contributed by atoms with Gasteiger partial charge in [0.2, 0.25) is 0 Å². The third kappa shape index (κ3) is 3.93. The summed E-state index contributed by atoms with van der Waals surface area (Å²) < 4.78 is 1.33. The molecule has 7 nitrogen and oxygen atoms in total. The molecule has 0 aliphatic carbocycles. The lowest BCUT2D eigenvalue weighted by molar-refractivity contribution is 0.0690. The molecule has 1 aromatic carbocycles. The number of hydrogen-bond acceptors (Lipinski definition) is 4. The number of hydrogen-bond donors (Lipinski definition) is 2. The number of halogens is 2. The van der Waals surface area contributed by atoms with Crippen LogP contribution in [0, 0.1) is 0 Å². The molecule has 2 aromatic rings. The lowest BCUT2D eigenvalue weighted by atomic mass is 10.2. The minimum atomic E-state index is -1.15. The molecule has 0 fully saturated rings. The van der Waals surface area contributed by atoms with Gasteiger partial charge in [-0.3, -0.25) is 4.79 Å². The van der Waals surface area contributed by atoms with Gasteiger partial charge in [-0.2, -0.15) is 0 Å². The second-order valence-electron chi connectivity index (χ2n) is 4.06. The van der Waals surface area contributed by atoms with E-state index in [1.807, 2.05) is 0 Å². The second-order valence-corrected chi connectivity index (χ2v) is 4.87. The highest BCUT2D eigenvalue weighted by molar-refractivity contribution is 6.42.